The SMILES string of the molecule is Cc1n[nH]c(C)c1C1COCCN1C(=O)CC(=O)NCC1CC1. The summed E-state index contributed by atoms with van der Waals surface area (Å²) in [7, 11) is 0. The number of carbonyl (C=O) groups excluding carboxylic acids is 2. The molecule has 0 spiro atoms. The Kier molecular flexibility index (Phi) is 4.66. The van der Waals surface area contributed by atoms with Crippen LogP contribution in [-0.2, 0) is 14.3 Å². The number of rotatable bonds is 5. The molecule has 0 bridgehead atoms. The largest absolute Gasteiger partial charge is 0.377 e. The van der Waals surface area contributed by atoms with Gasteiger partial charge >= 0.3 is 0 Å². The molecule has 7 nitrogen and oxygen atoms in total. The molecule has 2 fully saturated rings. The summed E-state index contributed by atoms with van der Waals surface area (Å²) in [4.78, 5) is 26.3. The van der Waals surface area contributed by atoms with Crippen molar-refractivity contribution in [2.45, 2.75) is 39.2 Å². The monoisotopic (exact) mass is 320 g/mol. The fraction of sp³-hybridized carbons (Fsp3) is 0.688. The Morgan fingerprint density at radius 3 is 2.83 bits per heavy atom. The summed E-state index contributed by atoms with van der Waals surface area (Å²) in [5.74, 6) is 0.279. The molecule has 7 heteroatoms. The number of amides is 2. The molecule has 2 amide bonds. The molecule has 1 aliphatic carbocycles. The Bertz CT molecular complexity index is 575. The number of ether oxygens (including phenoxy) is 1. The van der Waals surface area contributed by atoms with Crippen molar-refractivity contribution in [2.75, 3.05) is 26.3 Å². The quantitative estimate of drug-likeness (QED) is 0.787. The predicted octanol–water partition coefficient (Wildman–Crippen LogP) is 0.843. The molecule has 23 heavy (non-hydrogen) atoms. The maximum atomic E-state index is 12.6. The van der Waals surface area contributed by atoms with Crippen LogP contribution in [-0.4, -0.2) is 53.2 Å². The van der Waals surface area contributed by atoms with Crippen LogP contribution in [0.3, 0.4) is 0 Å². The summed E-state index contributed by atoms with van der Waals surface area (Å²) in [6.07, 6.45) is 2.26. The first-order valence-electron chi connectivity index (χ1n) is 8.21. The minimum atomic E-state index is -0.187. The summed E-state index contributed by atoms with van der Waals surface area (Å²) in [6.45, 7) is 5.99. The smallest absolute Gasteiger partial charge is 0.232 e. The Morgan fingerprint density at radius 2 is 2.17 bits per heavy atom. The van der Waals surface area contributed by atoms with Gasteiger partial charge in [-0.05, 0) is 32.6 Å². The standard InChI is InChI=1S/C16H24N4O3/c1-10-16(11(2)19-18-10)13-9-23-6-5-20(13)15(22)7-14(21)17-8-12-3-4-12/h12-13H,3-9H2,1-2H3,(H,17,21)(H,18,19). The third-order valence-corrected chi connectivity index (χ3v) is 4.56. The molecule has 1 aromatic heterocycles. The zero-order valence-electron chi connectivity index (χ0n) is 13.7. The molecule has 1 saturated carbocycles. The first-order chi connectivity index (χ1) is 11.1. The van der Waals surface area contributed by atoms with Crippen molar-refractivity contribution < 1.29 is 14.3 Å². The van der Waals surface area contributed by atoms with E-state index in [2.05, 4.69) is 15.5 Å². The normalized spacial score (nSPS) is 21.3. The number of carbonyl (C=O) groups is 2. The molecule has 3 rings (SSSR count). The van der Waals surface area contributed by atoms with Crippen LogP contribution < -0.4 is 5.32 Å². The fourth-order valence-corrected chi connectivity index (χ4v) is 3.07. The molecular formula is C16H24N4O3. The van der Waals surface area contributed by atoms with Crippen LogP contribution in [0.5, 0.6) is 0 Å². The number of aryl methyl sites for hydroxylation is 2. The lowest BCUT2D eigenvalue weighted by Gasteiger charge is -2.36. The Labute approximate surface area is 135 Å². The number of hydrogen-bond acceptors (Lipinski definition) is 4. The molecule has 126 valence electrons. The van der Waals surface area contributed by atoms with Crippen LogP contribution in [0.25, 0.3) is 0 Å². The van der Waals surface area contributed by atoms with Crippen LogP contribution in [0.2, 0.25) is 0 Å². The van der Waals surface area contributed by atoms with E-state index in [1.165, 1.54) is 12.8 Å². The van der Waals surface area contributed by atoms with E-state index in [9.17, 15) is 9.59 Å². The van der Waals surface area contributed by atoms with Crippen LogP contribution in [0.15, 0.2) is 0 Å². The van der Waals surface area contributed by atoms with Crippen molar-refractivity contribution in [3.63, 3.8) is 0 Å². The number of aromatic amines is 1. The van der Waals surface area contributed by atoms with Crippen molar-refractivity contribution in [1.82, 2.24) is 20.4 Å². The van der Waals surface area contributed by atoms with Gasteiger partial charge in [0.1, 0.15) is 6.42 Å². The number of H-pyrrole nitrogens is 1. The lowest BCUT2D eigenvalue weighted by atomic mass is 10.0. The van der Waals surface area contributed by atoms with Gasteiger partial charge in [0.2, 0.25) is 11.8 Å². The Balaban J connectivity index is 1.65. The summed E-state index contributed by atoms with van der Waals surface area (Å²) in [5.41, 5.74) is 2.81. The molecule has 1 saturated heterocycles. The lowest BCUT2D eigenvalue weighted by Crippen LogP contribution is -2.45. The average Bonchev–Trinajstić information content (AvgIpc) is 3.30. The molecular weight excluding hydrogens is 296 g/mol. The molecule has 2 N–H and O–H groups in total. The third kappa shape index (κ3) is 3.72. The maximum Gasteiger partial charge on any atom is 0.232 e. The molecule has 1 aromatic rings. The predicted molar refractivity (Wildman–Crippen MR) is 83.7 cm³/mol. The zero-order chi connectivity index (χ0) is 16.4. The van der Waals surface area contributed by atoms with Gasteiger partial charge in [-0.15, -0.1) is 0 Å². The van der Waals surface area contributed by atoms with Crippen LogP contribution in [0, 0.1) is 19.8 Å². The number of nitrogens with one attached hydrogen (secondary N) is 2. The van der Waals surface area contributed by atoms with Crippen LogP contribution >= 0.6 is 0 Å². The van der Waals surface area contributed by atoms with E-state index in [4.69, 9.17) is 4.74 Å². The van der Waals surface area contributed by atoms with Gasteiger partial charge in [0, 0.05) is 24.3 Å². The van der Waals surface area contributed by atoms with Crippen LogP contribution in [0.1, 0.15) is 42.3 Å². The van der Waals surface area contributed by atoms with Crippen LogP contribution in [0.4, 0.5) is 0 Å². The number of hydrogen-bond donors (Lipinski definition) is 2. The number of aromatic nitrogens is 2. The van der Waals surface area contributed by atoms with E-state index >= 15 is 0 Å². The summed E-state index contributed by atoms with van der Waals surface area (Å²) >= 11 is 0. The van der Waals surface area contributed by atoms with Crippen molar-refractivity contribution in [3.8, 4) is 0 Å². The van der Waals surface area contributed by atoms with E-state index in [0.29, 0.717) is 32.2 Å². The topological polar surface area (TPSA) is 87.3 Å². The second-order valence-corrected chi connectivity index (χ2v) is 6.45. The Hall–Kier alpha value is -1.89. The summed E-state index contributed by atoms with van der Waals surface area (Å²) in [6, 6.07) is -0.175. The van der Waals surface area contributed by atoms with Gasteiger partial charge in [0.05, 0.1) is 24.9 Å². The second-order valence-electron chi connectivity index (χ2n) is 6.45. The fourth-order valence-electron chi connectivity index (χ4n) is 3.07. The molecule has 2 aliphatic rings. The van der Waals surface area contributed by atoms with Crippen molar-refractivity contribution >= 4 is 11.8 Å². The summed E-state index contributed by atoms with van der Waals surface area (Å²) < 4.78 is 5.55. The van der Waals surface area contributed by atoms with Gasteiger partial charge in [-0.25, -0.2) is 0 Å². The molecule has 1 unspecified atom stereocenters. The first kappa shape index (κ1) is 16.0. The zero-order valence-corrected chi connectivity index (χ0v) is 13.7. The third-order valence-electron chi connectivity index (χ3n) is 4.56. The van der Waals surface area contributed by atoms with Gasteiger partial charge in [-0.2, -0.15) is 5.10 Å². The van der Waals surface area contributed by atoms with E-state index < -0.39 is 0 Å². The molecule has 2 heterocycles. The van der Waals surface area contributed by atoms with E-state index in [0.717, 1.165) is 17.0 Å². The molecule has 0 radical (unpaired) electrons. The van der Waals surface area contributed by atoms with Gasteiger partial charge in [-0.3, -0.25) is 14.7 Å². The average molecular weight is 320 g/mol. The minimum Gasteiger partial charge on any atom is -0.377 e. The summed E-state index contributed by atoms with van der Waals surface area (Å²) in [5, 5.41) is 10.0. The highest BCUT2D eigenvalue weighted by molar-refractivity contribution is 5.97. The van der Waals surface area contributed by atoms with Gasteiger partial charge < -0.3 is 15.0 Å². The van der Waals surface area contributed by atoms with Crippen molar-refractivity contribution in [2.24, 2.45) is 5.92 Å². The second kappa shape index (κ2) is 6.70. The minimum absolute atomic E-state index is 0.0980. The van der Waals surface area contributed by atoms with E-state index in [1.54, 1.807) is 4.90 Å². The molecule has 0 aromatic carbocycles. The maximum absolute atomic E-state index is 12.6. The van der Waals surface area contributed by atoms with E-state index in [1.807, 2.05) is 13.8 Å². The Morgan fingerprint density at radius 1 is 1.39 bits per heavy atom. The number of morpholine rings is 1. The highest BCUT2D eigenvalue weighted by atomic mass is 16.5. The lowest BCUT2D eigenvalue weighted by molar-refractivity contribution is -0.143. The van der Waals surface area contributed by atoms with E-state index in [-0.39, 0.29) is 24.3 Å². The van der Waals surface area contributed by atoms with Gasteiger partial charge in [0.25, 0.3) is 0 Å². The molecule has 1 atom stereocenters. The highest BCUT2D eigenvalue weighted by Gasteiger charge is 2.32. The highest BCUT2D eigenvalue weighted by Crippen LogP contribution is 2.29. The van der Waals surface area contributed by atoms with Crippen molar-refractivity contribution in [3.05, 3.63) is 17.0 Å². The van der Waals surface area contributed by atoms with Gasteiger partial charge in [-0.1, -0.05) is 0 Å². The van der Waals surface area contributed by atoms with Gasteiger partial charge in [0.15, 0.2) is 0 Å². The van der Waals surface area contributed by atoms with Crippen molar-refractivity contribution in [1.29, 1.82) is 0 Å². The number of nitrogens with zero attached hydrogens (tertiary/aromatic N) is 2. The molecule has 1 aliphatic heterocycles. The first-order valence-corrected chi connectivity index (χ1v) is 8.21.